The van der Waals surface area contributed by atoms with Crippen LogP contribution in [0.4, 0.5) is 4.39 Å². The van der Waals surface area contributed by atoms with Gasteiger partial charge in [0, 0.05) is 13.5 Å². The van der Waals surface area contributed by atoms with Crippen LogP contribution in [0.5, 0.6) is 5.75 Å². The number of carbonyl (C=O) groups is 1. The molecule has 1 atom stereocenters. The lowest BCUT2D eigenvalue weighted by atomic mass is 10.1. The number of amides is 1. The molecule has 0 fully saturated rings. The highest BCUT2D eigenvalue weighted by Crippen LogP contribution is 2.21. The van der Waals surface area contributed by atoms with Crippen LogP contribution in [0.15, 0.2) is 48.5 Å². The van der Waals surface area contributed by atoms with Gasteiger partial charge in [0.15, 0.2) is 11.6 Å². The van der Waals surface area contributed by atoms with Gasteiger partial charge in [-0.25, -0.2) is 4.39 Å². The smallest absolute Gasteiger partial charge is 0.223 e. The Labute approximate surface area is 136 Å². The number of nitrogens with zero attached hydrogens (tertiary/aromatic N) is 1. The highest BCUT2D eigenvalue weighted by molar-refractivity contribution is 5.76. The third kappa shape index (κ3) is 4.31. The first-order valence-corrected chi connectivity index (χ1v) is 7.66. The monoisotopic (exact) mass is 315 g/mol. The molecular formula is C19H22FNO2. The number of benzene rings is 2. The number of methoxy groups -OCH3 is 1. The summed E-state index contributed by atoms with van der Waals surface area (Å²) in [6, 6.07) is 14.7. The van der Waals surface area contributed by atoms with Crippen LogP contribution < -0.4 is 4.74 Å². The Hall–Kier alpha value is -2.36. The molecule has 2 rings (SSSR count). The predicted octanol–water partition coefficient (Wildman–Crippen LogP) is 3.99. The molecular weight excluding hydrogens is 293 g/mol. The van der Waals surface area contributed by atoms with Crippen molar-refractivity contribution in [1.82, 2.24) is 4.90 Å². The molecule has 0 aliphatic rings. The van der Waals surface area contributed by atoms with Crippen molar-refractivity contribution in [3.05, 3.63) is 65.5 Å². The second kappa shape index (κ2) is 7.77. The number of rotatable bonds is 6. The van der Waals surface area contributed by atoms with Crippen molar-refractivity contribution in [3.8, 4) is 5.75 Å². The molecule has 0 heterocycles. The fourth-order valence-corrected chi connectivity index (χ4v) is 2.46. The van der Waals surface area contributed by atoms with Gasteiger partial charge in [0.2, 0.25) is 5.91 Å². The van der Waals surface area contributed by atoms with Crippen molar-refractivity contribution < 1.29 is 13.9 Å². The number of hydrogen-bond acceptors (Lipinski definition) is 2. The molecule has 0 aliphatic heterocycles. The van der Waals surface area contributed by atoms with Gasteiger partial charge < -0.3 is 9.64 Å². The number of carbonyl (C=O) groups excluding carboxylic acids is 1. The molecule has 23 heavy (non-hydrogen) atoms. The van der Waals surface area contributed by atoms with Crippen molar-refractivity contribution >= 4 is 5.91 Å². The molecule has 1 amide bonds. The Balaban J connectivity index is 1.95. The number of halogens is 1. The van der Waals surface area contributed by atoms with Crippen molar-refractivity contribution in [1.29, 1.82) is 0 Å². The first-order chi connectivity index (χ1) is 11.0. The third-order valence-corrected chi connectivity index (χ3v) is 4.10. The van der Waals surface area contributed by atoms with Gasteiger partial charge in [0.05, 0.1) is 13.2 Å². The van der Waals surface area contributed by atoms with Gasteiger partial charge in [-0.2, -0.15) is 0 Å². The number of hydrogen-bond donors (Lipinski definition) is 0. The summed E-state index contributed by atoms with van der Waals surface area (Å²) in [5, 5.41) is 0. The zero-order valence-corrected chi connectivity index (χ0v) is 13.8. The Morgan fingerprint density at radius 1 is 1.22 bits per heavy atom. The molecule has 0 aliphatic carbocycles. The van der Waals surface area contributed by atoms with E-state index in [1.807, 2.05) is 37.3 Å². The SMILES string of the molecule is COc1ccc(CCC(=O)N(C)C(C)c2ccccc2)cc1F. The average molecular weight is 315 g/mol. The Morgan fingerprint density at radius 3 is 2.52 bits per heavy atom. The normalized spacial score (nSPS) is 11.8. The van der Waals surface area contributed by atoms with Crippen molar-refractivity contribution in [2.45, 2.75) is 25.8 Å². The summed E-state index contributed by atoms with van der Waals surface area (Å²) in [5.74, 6) is -0.143. The van der Waals surface area contributed by atoms with E-state index in [1.165, 1.54) is 13.2 Å². The molecule has 2 aromatic carbocycles. The summed E-state index contributed by atoms with van der Waals surface area (Å²) in [4.78, 5) is 14.1. The quantitative estimate of drug-likeness (QED) is 0.807. The lowest BCUT2D eigenvalue weighted by molar-refractivity contribution is -0.131. The van der Waals surface area contributed by atoms with Crippen LogP contribution in [-0.4, -0.2) is 25.0 Å². The second-order valence-electron chi connectivity index (χ2n) is 5.56. The van der Waals surface area contributed by atoms with Crippen LogP contribution in [0.25, 0.3) is 0 Å². The fourth-order valence-electron chi connectivity index (χ4n) is 2.46. The molecule has 3 nitrogen and oxygen atoms in total. The zero-order chi connectivity index (χ0) is 16.8. The van der Waals surface area contributed by atoms with Gasteiger partial charge in [-0.3, -0.25) is 4.79 Å². The molecule has 0 radical (unpaired) electrons. The van der Waals surface area contributed by atoms with Gasteiger partial charge >= 0.3 is 0 Å². The van der Waals surface area contributed by atoms with Crippen LogP contribution in [0.1, 0.15) is 30.5 Å². The fraction of sp³-hybridized carbons (Fsp3) is 0.316. The largest absolute Gasteiger partial charge is 0.494 e. The summed E-state index contributed by atoms with van der Waals surface area (Å²) in [5.41, 5.74) is 1.89. The molecule has 1 unspecified atom stereocenters. The molecule has 0 N–H and O–H groups in total. The lowest BCUT2D eigenvalue weighted by Gasteiger charge is -2.25. The average Bonchev–Trinajstić information content (AvgIpc) is 2.59. The predicted molar refractivity (Wildman–Crippen MR) is 88.9 cm³/mol. The van der Waals surface area contributed by atoms with Crippen LogP contribution >= 0.6 is 0 Å². The summed E-state index contributed by atoms with van der Waals surface area (Å²) >= 11 is 0. The lowest BCUT2D eigenvalue weighted by Crippen LogP contribution is -2.29. The molecule has 122 valence electrons. The first-order valence-electron chi connectivity index (χ1n) is 7.66. The van der Waals surface area contributed by atoms with Gasteiger partial charge in [0.25, 0.3) is 0 Å². The maximum Gasteiger partial charge on any atom is 0.223 e. The van der Waals surface area contributed by atoms with E-state index in [1.54, 1.807) is 24.1 Å². The van der Waals surface area contributed by atoms with E-state index in [4.69, 9.17) is 4.74 Å². The van der Waals surface area contributed by atoms with E-state index in [0.717, 1.165) is 11.1 Å². The Morgan fingerprint density at radius 2 is 1.91 bits per heavy atom. The number of aryl methyl sites for hydroxylation is 1. The Kier molecular flexibility index (Phi) is 5.74. The van der Waals surface area contributed by atoms with Gasteiger partial charge in [-0.15, -0.1) is 0 Å². The van der Waals surface area contributed by atoms with Gasteiger partial charge in [0.1, 0.15) is 0 Å². The molecule has 0 spiro atoms. The molecule has 0 saturated heterocycles. The summed E-state index contributed by atoms with van der Waals surface area (Å²) in [6.45, 7) is 2.00. The topological polar surface area (TPSA) is 29.5 Å². The van der Waals surface area contributed by atoms with E-state index >= 15 is 0 Å². The van der Waals surface area contributed by atoms with Crippen molar-refractivity contribution in [3.63, 3.8) is 0 Å². The minimum atomic E-state index is -0.400. The van der Waals surface area contributed by atoms with E-state index < -0.39 is 5.82 Å². The Bertz CT molecular complexity index is 658. The van der Waals surface area contributed by atoms with E-state index in [-0.39, 0.29) is 17.7 Å². The van der Waals surface area contributed by atoms with E-state index in [0.29, 0.717) is 12.8 Å². The minimum absolute atomic E-state index is 0.0105. The summed E-state index contributed by atoms with van der Waals surface area (Å²) < 4.78 is 18.6. The molecule has 0 bridgehead atoms. The number of ether oxygens (including phenoxy) is 1. The highest BCUT2D eigenvalue weighted by Gasteiger charge is 2.17. The van der Waals surface area contributed by atoms with Crippen LogP contribution in [-0.2, 0) is 11.2 Å². The summed E-state index contributed by atoms with van der Waals surface area (Å²) in [6.07, 6.45) is 0.852. The first kappa shape index (κ1) is 17.0. The highest BCUT2D eigenvalue weighted by atomic mass is 19.1. The maximum absolute atomic E-state index is 13.7. The minimum Gasteiger partial charge on any atom is -0.494 e. The van der Waals surface area contributed by atoms with E-state index in [2.05, 4.69) is 0 Å². The third-order valence-electron chi connectivity index (χ3n) is 4.10. The van der Waals surface area contributed by atoms with Crippen LogP contribution in [0.2, 0.25) is 0 Å². The van der Waals surface area contributed by atoms with Crippen molar-refractivity contribution in [2.75, 3.05) is 14.2 Å². The molecule has 0 saturated carbocycles. The maximum atomic E-state index is 13.7. The van der Waals surface area contributed by atoms with Crippen LogP contribution in [0.3, 0.4) is 0 Å². The van der Waals surface area contributed by atoms with E-state index in [9.17, 15) is 9.18 Å². The van der Waals surface area contributed by atoms with Gasteiger partial charge in [-0.05, 0) is 36.6 Å². The molecule has 0 aromatic heterocycles. The standard InChI is InChI=1S/C19H22FNO2/c1-14(16-7-5-4-6-8-16)21(2)19(22)12-10-15-9-11-18(23-3)17(20)13-15/h4-9,11,13-14H,10,12H2,1-3H3. The van der Waals surface area contributed by atoms with Crippen LogP contribution in [0, 0.1) is 5.82 Å². The zero-order valence-electron chi connectivity index (χ0n) is 13.8. The van der Waals surface area contributed by atoms with Gasteiger partial charge in [-0.1, -0.05) is 36.4 Å². The molecule has 2 aromatic rings. The molecule has 4 heteroatoms. The van der Waals surface area contributed by atoms with Crippen molar-refractivity contribution in [2.24, 2.45) is 0 Å². The second-order valence-corrected chi connectivity index (χ2v) is 5.56. The summed E-state index contributed by atoms with van der Waals surface area (Å²) in [7, 11) is 3.23.